The Hall–Kier alpha value is -3.05. The van der Waals surface area contributed by atoms with E-state index in [1.807, 2.05) is 30.3 Å². The van der Waals surface area contributed by atoms with Gasteiger partial charge in [-0.25, -0.2) is 0 Å². The zero-order valence-corrected chi connectivity index (χ0v) is 17.3. The van der Waals surface area contributed by atoms with Crippen LogP contribution in [0.1, 0.15) is 29.2 Å². The van der Waals surface area contributed by atoms with Crippen molar-refractivity contribution in [1.29, 1.82) is 0 Å². The number of nitrogens with zero attached hydrogens (tertiary/aromatic N) is 1. The quantitative estimate of drug-likeness (QED) is 0.616. The molecule has 0 bridgehead atoms. The largest absolute Gasteiger partial charge is 0.497 e. The predicted octanol–water partition coefficient (Wildman–Crippen LogP) is 4.01. The average molecular weight is 405 g/mol. The SMILES string of the molecule is COc1ccc([C@H]2CN(Cc3ccccc3)C[C@@H]2NC(=O)CCc2ccco2)cc1. The minimum atomic E-state index is 0.0662. The van der Waals surface area contributed by atoms with E-state index < -0.39 is 0 Å². The number of hydrogen-bond acceptors (Lipinski definition) is 4. The second-order valence-electron chi connectivity index (χ2n) is 7.81. The summed E-state index contributed by atoms with van der Waals surface area (Å²) in [5, 5.41) is 3.28. The maximum Gasteiger partial charge on any atom is 0.220 e. The molecular formula is C25H28N2O3. The van der Waals surface area contributed by atoms with Gasteiger partial charge in [0.25, 0.3) is 0 Å². The van der Waals surface area contributed by atoms with Gasteiger partial charge in [-0.1, -0.05) is 42.5 Å². The van der Waals surface area contributed by atoms with Gasteiger partial charge in [0.15, 0.2) is 0 Å². The molecule has 1 aromatic heterocycles. The van der Waals surface area contributed by atoms with Crippen LogP contribution in [-0.4, -0.2) is 37.0 Å². The molecule has 1 amide bonds. The maximum atomic E-state index is 12.6. The number of aryl methyl sites for hydroxylation is 1. The first-order valence-electron chi connectivity index (χ1n) is 10.4. The van der Waals surface area contributed by atoms with E-state index in [0.717, 1.165) is 31.1 Å². The van der Waals surface area contributed by atoms with Crippen LogP contribution in [0.5, 0.6) is 5.75 Å². The lowest BCUT2D eigenvalue weighted by Gasteiger charge is -2.20. The molecule has 0 saturated carbocycles. The highest BCUT2D eigenvalue weighted by molar-refractivity contribution is 5.76. The van der Waals surface area contributed by atoms with Crippen LogP contribution in [0.15, 0.2) is 77.4 Å². The third-order valence-electron chi connectivity index (χ3n) is 5.71. The zero-order valence-electron chi connectivity index (χ0n) is 17.3. The van der Waals surface area contributed by atoms with Crippen LogP contribution in [0.4, 0.5) is 0 Å². The van der Waals surface area contributed by atoms with E-state index in [9.17, 15) is 4.79 Å². The van der Waals surface area contributed by atoms with Crippen molar-refractivity contribution in [2.24, 2.45) is 0 Å². The van der Waals surface area contributed by atoms with Crippen molar-refractivity contribution in [2.75, 3.05) is 20.2 Å². The van der Waals surface area contributed by atoms with Gasteiger partial charge in [0, 0.05) is 44.4 Å². The van der Waals surface area contributed by atoms with Crippen LogP contribution in [-0.2, 0) is 17.8 Å². The monoisotopic (exact) mass is 404 g/mol. The Morgan fingerprint density at radius 2 is 1.87 bits per heavy atom. The van der Waals surface area contributed by atoms with Crippen molar-refractivity contribution in [3.63, 3.8) is 0 Å². The molecule has 0 aliphatic carbocycles. The summed E-state index contributed by atoms with van der Waals surface area (Å²) >= 11 is 0. The van der Waals surface area contributed by atoms with E-state index in [4.69, 9.17) is 9.15 Å². The van der Waals surface area contributed by atoms with Crippen molar-refractivity contribution >= 4 is 5.91 Å². The maximum absolute atomic E-state index is 12.6. The third kappa shape index (κ3) is 5.10. The van der Waals surface area contributed by atoms with E-state index in [1.165, 1.54) is 11.1 Å². The molecule has 1 fully saturated rings. The van der Waals surface area contributed by atoms with E-state index >= 15 is 0 Å². The first kappa shape index (κ1) is 20.2. The van der Waals surface area contributed by atoms with Gasteiger partial charge in [-0.15, -0.1) is 0 Å². The normalized spacial score (nSPS) is 19.0. The zero-order chi connectivity index (χ0) is 20.8. The molecule has 2 heterocycles. The van der Waals surface area contributed by atoms with E-state index in [-0.39, 0.29) is 17.9 Å². The average Bonchev–Trinajstić information content (AvgIpc) is 3.43. The Morgan fingerprint density at radius 3 is 2.57 bits per heavy atom. The van der Waals surface area contributed by atoms with E-state index in [0.29, 0.717) is 12.8 Å². The lowest BCUT2D eigenvalue weighted by atomic mass is 9.94. The van der Waals surface area contributed by atoms with Gasteiger partial charge in [0.05, 0.1) is 13.4 Å². The smallest absolute Gasteiger partial charge is 0.220 e. The molecule has 1 saturated heterocycles. The van der Waals surface area contributed by atoms with Crippen molar-refractivity contribution in [2.45, 2.75) is 31.3 Å². The lowest BCUT2D eigenvalue weighted by molar-refractivity contribution is -0.121. The highest BCUT2D eigenvalue weighted by Crippen LogP contribution is 2.30. The molecule has 1 aliphatic heterocycles. The second-order valence-corrected chi connectivity index (χ2v) is 7.81. The number of furan rings is 1. The summed E-state index contributed by atoms with van der Waals surface area (Å²) in [6, 6.07) is 22.5. The minimum Gasteiger partial charge on any atom is -0.497 e. The summed E-state index contributed by atoms with van der Waals surface area (Å²) in [7, 11) is 1.67. The van der Waals surface area contributed by atoms with Crippen LogP contribution in [0.3, 0.4) is 0 Å². The summed E-state index contributed by atoms with van der Waals surface area (Å²) in [5.74, 6) is 1.99. The third-order valence-corrected chi connectivity index (χ3v) is 5.71. The summed E-state index contributed by atoms with van der Waals surface area (Å²) in [6.45, 7) is 2.62. The van der Waals surface area contributed by atoms with Crippen molar-refractivity contribution in [3.8, 4) is 5.75 Å². The molecule has 1 N–H and O–H groups in total. The Kier molecular flexibility index (Phi) is 6.50. The highest BCUT2D eigenvalue weighted by Gasteiger charge is 2.34. The molecule has 5 heteroatoms. The van der Waals surface area contributed by atoms with Crippen LogP contribution in [0.25, 0.3) is 0 Å². The minimum absolute atomic E-state index is 0.0662. The fraction of sp³-hybridized carbons (Fsp3) is 0.320. The van der Waals surface area contributed by atoms with Gasteiger partial charge in [0.1, 0.15) is 11.5 Å². The number of methoxy groups -OCH3 is 1. The number of ether oxygens (including phenoxy) is 1. The molecule has 0 unspecified atom stereocenters. The van der Waals surface area contributed by atoms with Gasteiger partial charge >= 0.3 is 0 Å². The topological polar surface area (TPSA) is 54.7 Å². The number of hydrogen-bond donors (Lipinski definition) is 1. The summed E-state index contributed by atoms with van der Waals surface area (Å²) in [6.07, 6.45) is 2.69. The Labute approximate surface area is 177 Å². The first-order valence-corrected chi connectivity index (χ1v) is 10.4. The molecule has 3 aromatic rings. The molecule has 5 nitrogen and oxygen atoms in total. The Bertz CT molecular complexity index is 923. The van der Waals surface area contributed by atoms with Crippen LogP contribution in [0, 0.1) is 0 Å². The van der Waals surface area contributed by atoms with Crippen molar-refractivity contribution in [1.82, 2.24) is 10.2 Å². The molecule has 2 aromatic carbocycles. The molecule has 30 heavy (non-hydrogen) atoms. The Morgan fingerprint density at radius 1 is 1.07 bits per heavy atom. The standard InChI is InChI=1S/C25H28N2O3/c1-29-21-11-9-20(10-12-21)23-17-27(16-19-6-3-2-4-7-19)18-24(23)26-25(28)14-13-22-8-5-15-30-22/h2-12,15,23-24H,13-14,16-18H2,1H3,(H,26,28)/t23-,24+/m1/s1. The summed E-state index contributed by atoms with van der Waals surface area (Å²) in [5.41, 5.74) is 2.51. The summed E-state index contributed by atoms with van der Waals surface area (Å²) < 4.78 is 10.7. The number of amides is 1. The molecule has 1 aliphatic rings. The van der Waals surface area contributed by atoms with Gasteiger partial charge in [0.2, 0.25) is 5.91 Å². The number of benzene rings is 2. The number of likely N-dealkylation sites (tertiary alicyclic amines) is 1. The van der Waals surface area contributed by atoms with Gasteiger partial charge in [-0.2, -0.15) is 0 Å². The molecule has 0 spiro atoms. The first-order chi connectivity index (χ1) is 14.7. The number of carbonyl (C=O) groups excluding carboxylic acids is 1. The fourth-order valence-electron chi connectivity index (χ4n) is 4.16. The molecule has 2 atom stereocenters. The van der Waals surface area contributed by atoms with Crippen LogP contribution >= 0.6 is 0 Å². The highest BCUT2D eigenvalue weighted by atomic mass is 16.5. The van der Waals surface area contributed by atoms with Gasteiger partial charge in [-0.05, 0) is 35.4 Å². The second kappa shape index (κ2) is 9.63. The van der Waals surface area contributed by atoms with Gasteiger partial charge < -0.3 is 14.5 Å². The van der Waals surface area contributed by atoms with Gasteiger partial charge in [-0.3, -0.25) is 9.69 Å². The number of carbonyl (C=O) groups is 1. The number of nitrogens with one attached hydrogen (secondary N) is 1. The summed E-state index contributed by atoms with van der Waals surface area (Å²) in [4.78, 5) is 15.1. The van der Waals surface area contributed by atoms with E-state index in [2.05, 4.69) is 46.6 Å². The Balaban J connectivity index is 1.44. The molecule has 0 radical (unpaired) electrons. The lowest BCUT2D eigenvalue weighted by Crippen LogP contribution is -2.39. The fourth-order valence-corrected chi connectivity index (χ4v) is 4.16. The van der Waals surface area contributed by atoms with Crippen LogP contribution < -0.4 is 10.1 Å². The van der Waals surface area contributed by atoms with Crippen LogP contribution in [0.2, 0.25) is 0 Å². The molecular weight excluding hydrogens is 376 g/mol. The number of rotatable bonds is 8. The molecule has 156 valence electrons. The predicted molar refractivity (Wildman–Crippen MR) is 116 cm³/mol. The van der Waals surface area contributed by atoms with Crippen molar-refractivity contribution < 1.29 is 13.9 Å². The molecule has 4 rings (SSSR count). The van der Waals surface area contributed by atoms with Crippen molar-refractivity contribution in [3.05, 3.63) is 89.9 Å². The van der Waals surface area contributed by atoms with E-state index in [1.54, 1.807) is 13.4 Å².